The predicted octanol–water partition coefficient (Wildman–Crippen LogP) is 3.42. The van der Waals surface area contributed by atoms with Crippen LogP contribution in [-0.2, 0) is 14.3 Å². The summed E-state index contributed by atoms with van der Waals surface area (Å²) in [6.45, 7) is 3.86. The fraction of sp³-hybridized carbons (Fsp3) is 0.889. The number of alkyl halides is 1. The second-order valence-corrected chi connectivity index (χ2v) is 10.3. The van der Waals surface area contributed by atoms with E-state index in [0.717, 1.165) is 18.3 Å². The van der Waals surface area contributed by atoms with Crippen molar-refractivity contribution < 1.29 is 14.3 Å². The molecule has 0 aromatic rings. The maximum atomic E-state index is 12.6. The number of carbonyl (C=O) groups excluding carboxylic acids is 2. The van der Waals surface area contributed by atoms with Gasteiger partial charge in [0.2, 0.25) is 5.91 Å². The van der Waals surface area contributed by atoms with Gasteiger partial charge in [-0.2, -0.15) is 0 Å². The highest BCUT2D eigenvalue weighted by atomic mass is 79.9. The van der Waals surface area contributed by atoms with E-state index in [0.29, 0.717) is 6.42 Å². The third kappa shape index (κ3) is 3.45. The van der Waals surface area contributed by atoms with E-state index in [4.69, 9.17) is 4.74 Å². The van der Waals surface area contributed by atoms with E-state index < -0.39 is 6.04 Å². The van der Waals surface area contributed by atoms with Gasteiger partial charge in [0.1, 0.15) is 6.04 Å². The number of ether oxygens (including phenoxy) is 1. The molecule has 4 fully saturated rings. The number of rotatable bonds is 5. The highest BCUT2D eigenvalue weighted by molar-refractivity contribution is 9.10. The Bertz CT molecular complexity index is 490. The molecule has 4 bridgehead atoms. The Hall–Kier alpha value is -0.580. The molecule has 2 unspecified atom stereocenters. The summed E-state index contributed by atoms with van der Waals surface area (Å²) in [5.74, 6) is 1.23. The molecule has 0 aliphatic heterocycles. The van der Waals surface area contributed by atoms with Crippen LogP contribution >= 0.6 is 15.9 Å². The first kappa shape index (κ1) is 17.2. The predicted molar refractivity (Wildman–Crippen MR) is 92.2 cm³/mol. The van der Waals surface area contributed by atoms with Crippen molar-refractivity contribution >= 4 is 27.8 Å². The van der Waals surface area contributed by atoms with Gasteiger partial charge in [-0.3, -0.25) is 4.79 Å². The highest BCUT2D eigenvalue weighted by Gasteiger charge is 2.57. The van der Waals surface area contributed by atoms with Gasteiger partial charge in [-0.15, -0.1) is 0 Å². The topological polar surface area (TPSA) is 55.4 Å². The van der Waals surface area contributed by atoms with Crippen molar-refractivity contribution in [3.8, 4) is 0 Å². The third-order valence-electron chi connectivity index (χ3n) is 6.08. The Morgan fingerprint density at radius 3 is 2.30 bits per heavy atom. The first-order valence-corrected chi connectivity index (χ1v) is 9.60. The molecule has 5 heteroatoms. The Morgan fingerprint density at radius 1 is 1.22 bits per heavy atom. The number of carbonyl (C=O) groups is 2. The van der Waals surface area contributed by atoms with Crippen LogP contribution in [-0.4, -0.2) is 29.4 Å². The van der Waals surface area contributed by atoms with Crippen molar-refractivity contribution in [1.29, 1.82) is 0 Å². The standard InChI is InChI=1S/C18H28BrNO3/c1-11(2)15(16(22)23-3)20-14(21)9-17-5-12-4-13(6-17)8-18(19,7-12)10-17/h11-13,15H,4-10H2,1-3H3,(H,20,21)/t12-,13+,15-,17?,18?/m1/s1. The lowest BCUT2D eigenvalue weighted by atomic mass is 9.48. The molecule has 0 spiro atoms. The minimum atomic E-state index is -0.542. The summed E-state index contributed by atoms with van der Waals surface area (Å²) >= 11 is 3.99. The molecule has 4 nitrogen and oxygen atoms in total. The molecule has 0 aromatic heterocycles. The summed E-state index contributed by atoms with van der Waals surface area (Å²) in [7, 11) is 1.37. The van der Waals surface area contributed by atoms with Crippen LogP contribution in [0.25, 0.3) is 0 Å². The van der Waals surface area contributed by atoms with Crippen LogP contribution in [0.15, 0.2) is 0 Å². The lowest BCUT2D eigenvalue weighted by Crippen LogP contribution is -2.55. The molecular formula is C18H28BrNO3. The summed E-state index contributed by atoms with van der Waals surface area (Å²) < 4.78 is 5.08. The zero-order valence-electron chi connectivity index (χ0n) is 14.4. The SMILES string of the molecule is COC(=O)[C@H](NC(=O)CC12C[C@@H]3C[C@@H](CC(Br)(C3)C1)C2)C(C)C. The lowest BCUT2D eigenvalue weighted by molar-refractivity contribution is -0.147. The number of amides is 1. The van der Waals surface area contributed by atoms with E-state index >= 15 is 0 Å². The van der Waals surface area contributed by atoms with Crippen LogP contribution in [0.2, 0.25) is 0 Å². The monoisotopic (exact) mass is 385 g/mol. The van der Waals surface area contributed by atoms with Gasteiger partial charge in [0.15, 0.2) is 0 Å². The number of nitrogens with one attached hydrogen (secondary N) is 1. The van der Waals surface area contributed by atoms with Gasteiger partial charge >= 0.3 is 5.97 Å². The molecule has 23 heavy (non-hydrogen) atoms. The maximum Gasteiger partial charge on any atom is 0.328 e. The van der Waals surface area contributed by atoms with Gasteiger partial charge in [-0.1, -0.05) is 29.8 Å². The molecule has 1 N–H and O–H groups in total. The summed E-state index contributed by atoms with van der Waals surface area (Å²) in [5.41, 5.74) is 0.134. The summed E-state index contributed by atoms with van der Waals surface area (Å²) in [5, 5.41) is 2.93. The molecule has 4 rings (SSSR count). The Balaban J connectivity index is 1.67. The molecule has 0 heterocycles. The van der Waals surface area contributed by atoms with Gasteiger partial charge in [0, 0.05) is 10.7 Å². The van der Waals surface area contributed by atoms with Gasteiger partial charge in [0.25, 0.3) is 0 Å². The largest absolute Gasteiger partial charge is 0.467 e. The lowest BCUT2D eigenvalue weighted by Gasteiger charge is -2.60. The number of methoxy groups -OCH3 is 1. The second kappa shape index (κ2) is 6.05. The van der Waals surface area contributed by atoms with Crippen molar-refractivity contribution in [2.24, 2.45) is 23.2 Å². The van der Waals surface area contributed by atoms with Gasteiger partial charge in [0.05, 0.1) is 7.11 Å². The van der Waals surface area contributed by atoms with Gasteiger partial charge in [-0.05, 0) is 61.7 Å². The zero-order chi connectivity index (χ0) is 16.8. The molecule has 0 saturated heterocycles. The van der Waals surface area contributed by atoms with Gasteiger partial charge < -0.3 is 10.1 Å². The van der Waals surface area contributed by atoms with E-state index in [1.54, 1.807) is 0 Å². The van der Waals surface area contributed by atoms with Crippen LogP contribution in [0.5, 0.6) is 0 Å². The molecule has 130 valence electrons. The van der Waals surface area contributed by atoms with Crippen LogP contribution in [0.1, 0.15) is 58.8 Å². The third-order valence-corrected chi connectivity index (χ3v) is 7.01. The van der Waals surface area contributed by atoms with Crippen LogP contribution in [0, 0.1) is 23.2 Å². The first-order valence-electron chi connectivity index (χ1n) is 8.80. The minimum Gasteiger partial charge on any atom is -0.467 e. The van der Waals surface area contributed by atoms with E-state index in [-0.39, 0.29) is 27.5 Å². The van der Waals surface area contributed by atoms with Crippen molar-refractivity contribution in [2.75, 3.05) is 7.11 Å². The Kier molecular flexibility index (Phi) is 4.54. The van der Waals surface area contributed by atoms with E-state index in [1.807, 2.05) is 13.8 Å². The van der Waals surface area contributed by atoms with Crippen molar-refractivity contribution in [3.63, 3.8) is 0 Å². The molecule has 1 amide bonds. The molecule has 4 aliphatic rings. The van der Waals surface area contributed by atoms with E-state index in [2.05, 4.69) is 21.2 Å². The zero-order valence-corrected chi connectivity index (χ0v) is 15.9. The molecule has 5 atom stereocenters. The average molecular weight is 386 g/mol. The van der Waals surface area contributed by atoms with Crippen molar-refractivity contribution in [3.05, 3.63) is 0 Å². The number of halogens is 1. The van der Waals surface area contributed by atoms with Crippen molar-refractivity contribution in [2.45, 2.75) is 69.2 Å². The minimum absolute atomic E-state index is 0.00662. The average Bonchev–Trinajstić information content (AvgIpc) is 2.40. The fourth-order valence-corrected chi connectivity index (χ4v) is 7.24. The van der Waals surface area contributed by atoms with Crippen molar-refractivity contribution in [1.82, 2.24) is 5.32 Å². The number of hydrogen-bond donors (Lipinski definition) is 1. The molecule has 0 radical (unpaired) electrons. The maximum absolute atomic E-state index is 12.6. The smallest absolute Gasteiger partial charge is 0.328 e. The molecule has 4 saturated carbocycles. The first-order chi connectivity index (χ1) is 10.7. The number of esters is 1. The normalized spacial score (nSPS) is 39.3. The Labute approximate surface area is 147 Å². The fourth-order valence-electron chi connectivity index (χ4n) is 5.73. The molecule has 4 aliphatic carbocycles. The number of hydrogen-bond acceptors (Lipinski definition) is 3. The van der Waals surface area contributed by atoms with Gasteiger partial charge in [-0.25, -0.2) is 4.79 Å². The quantitative estimate of drug-likeness (QED) is 0.582. The molecular weight excluding hydrogens is 358 g/mol. The summed E-state index contributed by atoms with van der Waals surface area (Å²) in [6.07, 6.45) is 7.88. The van der Waals surface area contributed by atoms with E-state index in [9.17, 15) is 9.59 Å². The van der Waals surface area contributed by atoms with Crippen LogP contribution < -0.4 is 5.32 Å². The summed E-state index contributed by atoms with van der Waals surface area (Å²) in [4.78, 5) is 24.5. The molecule has 0 aromatic carbocycles. The van der Waals surface area contributed by atoms with E-state index in [1.165, 1.54) is 39.2 Å². The summed E-state index contributed by atoms with van der Waals surface area (Å²) in [6, 6.07) is -0.542. The second-order valence-electron chi connectivity index (χ2n) is 8.60. The highest BCUT2D eigenvalue weighted by Crippen LogP contribution is 2.65. The Morgan fingerprint density at radius 2 is 1.83 bits per heavy atom. The van der Waals surface area contributed by atoms with Crippen LogP contribution in [0.3, 0.4) is 0 Å². The van der Waals surface area contributed by atoms with Crippen LogP contribution in [0.4, 0.5) is 0 Å².